The topological polar surface area (TPSA) is 12.0 Å². The summed E-state index contributed by atoms with van der Waals surface area (Å²) in [6.45, 7) is 5.70. The first-order valence-corrected chi connectivity index (χ1v) is 3.97. The van der Waals surface area contributed by atoms with Crippen molar-refractivity contribution >= 4 is 0 Å². The van der Waals surface area contributed by atoms with E-state index in [-0.39, 0.29) is 5.41 Å². The van der Waals surface area contributed by atoms with E-state index >= 15 is 0 Å². The van der Waals surface area contributed by atoms with Crippen molar-refractivity contribution in [2.75, 3.05) is 0 Å². The molecular weight excluding hydrogens is 148 g/mol. The first-order valence-electron chi connectivity index (χ1n) is 3.97. The average Bonchev–Trinajstić information content (AvgIpc) is 2.39. The third-order valence-electron chi connectivity index (χ3n) is 2.36. The summed E-state index contributed by atoms with van der Waals surface area (Å²) in [5, 5.41) is 2.89. The largest absolute Gasteiger partial charge is 0.306 e. The van der Waals surface area contributed by atoms with Gasteiger partial charge in [-0.1, -0.05) is 13.8 Å². The van der Waals surface area contributed by atoms with E-state index in [4.69, 9.17) is 0 Å². The van der Waals surface area contributed by atoms with E-state index in [1.165, 1.54) is 6.92 Å². The smallest absolute Gasteiger partial charge is 0.253 e. The number of alkyl halides is 2. The van der Waals surface area contributed by atoms with Gasteiger partial charge in [-0.25, -0.2) is 8.78 Å². The van der Waals surface area contributed by atoms with Crippen LogP contribution in [0.25, 0.3) is 0 Å². The van der Waals surface area contributed by atoms with Crippen molar-refractivity contribution in [3.05, 3.63) is 0 Å². The fraction of sp³-hybridized carbons (Fsp3) is 1.00. The van der Waals surface area contributed by atoms with Crippen molar-refractivity contribution in [3.8, 4) is 0 Å². The van der Waals surface area contributed by atoms with E-state index in [9.17, 15) is 8.78 Å². The average molecular weight is 163 g/mol. The van der Waals surface area contributed by atoms with Crippen molar-refractivity contribution in [2.24, 2.45) is 5.41 Å². The molecule has 11 heavy (non-hydrogen) atoms. The predicted molar refractivity (Wildman–Crippen MR) is 40.8 cm³/mol. The summed E-state index contributed by atoms with van der Waals surface area (Å²) in [6.07, 6.45) is -1.23. The Hall–Kier alpha value is -0.180. The van der Waals surface area contributed by atoms with Gasteiger partial charge in [-0.2, -0.15) is 0 Å². The molecule has 0 aromatic rings. The van der Waals surface area contributed by atoms with Crippen LogP contribution in [-0.4, -0.2) is 18.5 Å². The highest BCUT2D eigenvalue weighted by atomic mass is 19.3. The summed E-state index contributed by atoms with van der Waals surface area (Å²) < 4.78 is 24.0. The molecule has 1 aliphatic rings. The standard InChI is InChI=1S/C8H15F2N/c1-5(7(9)10)11-6-4-8(6,2)3/h5-7,11H,4H2,1-3H3. The monoisotopic (exact) mass is 163 g/mol. The van der Waals surface area contributed by atoms with Crippen LogP contribution >= 0.6 is 0 Å². The van der Waals surface area contributed by atoms with Gasteiger partial charge in [-0.05, 0) is 18.8 Å². The molecule has 1 nitrogen and oxygen atoms in total. The normalized spacial score (nSPS) is 30.5. The van der Waals surface area contributed by atoms with Gasteiger partial charge >= 0.3 is 0 Å². The van der Waals surface area contributed by atoms with Gasteiger partial charge in [0.1, 0.15) is 0 Å². The minimum absolute atomic E-state index is 0.239. The van der Waals surface area contributed by atoms with Crippen LogP contribution in [0.4, 0.5) is 8.78 Å². The number of rotatable bonds is 3. The van der Waals surface area contributed by atoms with Crippen molar-refractivity contribution in [1.82, 2.24) is 5.32 Å². The molecule has 3 heteroatoms. The number of halogens is 2. The van der Waals surface area contributed by atoms with E-state index in [0.717, 1.165) is 6.42 Å². The third kappa shape index (κ3) is 2.12. The maximum atomic E-state index is 12.0. The van der Waals surface area contributed by atoms with Crippen LogP contribution in [0.1, 0.15) is 27.2 Å². The first-order chi connectivity index (χ1) is 4.93. The van der Waals surface area contributed by atoms with Gasteiger partial charge in [-0.15, -0.1) is 0 Å². The molecule has 0 bridgehead atoms. The molecule has 0 aromatic carbocycles. The Morgan fingerprint density at radius 1 is 1.45 bits per heavy atom. The summed E-state index contributed by atoms with van der Waals surface area (Å²) in [5.41, 5.74) is 0.239. The van der Waals surface area contributed by atoms with Crippen molar-refractivity contribution in [2.45, 2.75) is 45.7 Å². The number of hydrogen-bond donors (Lipinski definition) is 1. The van der Waals surface area contributed by atoms with Crippen LogP contribution in [0.3, 0.4) is 0 Å². The van der Waals surface area contributed by atoms with Gasteiger partial charge in [-0.3, -0.25) is 0 Å². The molecule has 1 N–H and O–H groups in total. The van der Waals surface area contributed by atoms with E-state index in [2.05, 4.69) is 19.2 Å². The Bertz CT molecular complexity index is 145. The third-order valence-corrected chi connectivity index (χ3v) is 2.36. The quantitative estimate of drug-likeness (QED) is 0.671. The fourth-order valence-electron chi connectivity index (χ4n) is 1.14. The highest BCUT2D eigenvalue weighted by molar-refractivity contribution is 5.02. The molecule has 2 unspecified atom stereocenters. The van der Waals surface area contributed by atoms with E-state index in [1.807, 2.05) is 0 Å². The van der Waals surface area contributed by atoms with Crippen LogP contribution in [-0.2, 0) is 0 Å². The minimum Gasteiger partial charge on any atom is -0.306 e. The van der Waals surface area contributed by atoms with Gasteiger partial charge in [0.05, 0.1) is 6.04 Å². The zero-order valence-electron chi connectivity index (χ0n) is 7.20. The molecule has 0 aromatic heterocycles. The van der Waals surface area contributed by atoms with Crippen molar-refractivity contribution in [3.63, 3.8) is 0 Å². The Morgan fingerprint density at radius 2 is 1.91 bits per heavy atom. The fourth-order valence-corrected chi connectivity index (χ4v) is 1.14. The Kier molecular flexibility index (Phi) is 2.19. The van der Waals surface area contributed by atoms with Gasteiger partial charge < -0.3 is 5.32 Å². The van der Waals surface area contributed by atoms with E-state index in [1.54, 1.807) is 0 Å². The second-order valence-corrected chi connectivity index (χ2v) is 4.04. The molecule has 1 saturated carbocycles. The summed E-state index contributed by atoms with van der Waals surface area (Å²) in [6, 6.07) is -0.367. The molecule has 0 heterocycles. The van der Waals surface area contributed by atoms with Crippen molar-refractivity contribution in [1.29, 1.82) is 0 Å². The van der Waals surface area contributed by atoms with Gasteiger partial charge in [0.2, 0.25) is 0 Å². The summed E-state index contributed by atoms with van der Waals surface area (Å²) >= 11 is 0. The van der Waals surface area contributed by atoms with E-state index < -0.39 is 12.5 Å². The number of nitrogens with one attached hydrogen (secondary N) is 1. The SMILES string of the molecule is CC(NC1CC1(C)C)C(F)F. The number of hydrogen-bond acceptors (Lipinski definition) is 1. The molecule has 1 aliphatic carbocycles. The second kappa shape index (κ2) is 2.70. The lowest BCUT2D eigenvalue weighted by Gasteiger charge is -2.13. The molecule has 0 amide bonds. The second-order valence-electron chi connectivity index (χ2n) is 4.04. The molecule has 0 aliphatic heterocycles. The predicted octanol–water partition coefficient (Wildman–Crippen LogP) is 2.03. The maximum Gasteiger partial charge on any atom is 0.253 e. The van der Waals surface area contributed by atoms with Gasteiger partial charge in [0.25, 0.3) is 6.43 Å². The summed E-state index contributed by atoms with van der Waals surface area (Å²) in [4.78, 5) is 0. The highest BCUT2D eigenvalue weighted by Gasteiger charge is 2.46. The zero-order valence-corrected chi connectivity index (χ0v) is 7.20. The first kappa shape index (κ1) is 8.91. The Balaban J connectivity index is 2.23. The van der Waals surface area contributed by atoms with Crippen LogP contribution in [0, 0.1) is 5.41 Å². The molecule has 2 atom stereocenters. The molecule has 1 fully saturated rings. The molecule has 0 radical (unpaired) electrons. The summed E-state index contributed by atoms with van der Waals surface area (Å²) in [5.74, 6) is 0. The molecule has 1 rings (SSSR count). The highest BCUT2D eigenvalue weighted by Crippen LogP contribution is 2.44. The van der Waals surface area contributed by atoms with Crippen LogP contribution < -0.4 is 5.32 Å². The molecule has 0 spiro atoms. The van der Waals surface area contributed by atoms with E-state index in [0.29, 0.717) is 6.04 Å². The van der Waals surface area contributed by atoms with Crippen LogP contribution in [0.2, 0.25) is 0 Å². The van der Waals surface area contributed by atoms with Gasteiger partial charge in [0.15, 0.2) is 0 Å². The maximum absolute atomic E-state index is 12.0. The lowest BCUT2D eigenvalue weighted by Crippen LogP contribution is -2.35. The minimum atomic E-state index is -2.24. The lowest BCUT2D eigenvalue weighted by atomic mass is 10.2. The summed E-state index contributed by atoms with van der Waals surface area (Å²) in [7, 11) is 0. The van der Waals surface area contributed by atoms with Crippen molar-refractivity contribution < 1.29 is 8.78 Å². The lowest BCUT2D eigenvalue weighted by molar-refractivity contribution is 0.104. The zero-order chi connectivity index (χ0) is 8.65. The molecule has 66 valence electrons. The molecule has 0 saturated heterocycles. The van der Waals surface area contributed by atoms with Crippen LogP contribution in [0.5, 0.6) is 0 Å². The van der Waals surface area contributed by atoms with Crippen LogP contribution in [0.15, 0.2) is 0 Å². The van der Waals surface area contributed by atoms with Gasteiger partial charge in [0, 0.05) is 6.04 Å². The Labute approximate surface area is 66.2 Å². The molecular formula is C8H15F2N. The Morgan fingerprint density at radius 3 is 2.18 bits per heavy atom.